The van der Waals surface area contributed by atoms with E-state index in [0.717, 1.165) is 11.6 Å². The van der Waals surface area contributed by atoms with Crippen LogP contribution in [0.15, 0.2) is 18.2 Å². The molecule has 0 radical (unpaired) electrons. The van der Waals surface area contributed by atoms with Crippen LogP contribution in [0.5, 0.6) is 0 Å². The second-order valence-electron chi connectivity index (χ2n) is 3.22. The number of hydrogen-bond acceptors (Lipinski definition) is 1. The smallest absolute Gasteiger partial charge is 0.185 e. The van der Waals surface area contributed by atoms with E-state index in [1.54, 1.807) is 6.07 Å². The number of nitrogens with zero attached hydrogens (tertiary/aromatic N) is 1. The van der Waals surface area contributed by atoms with Crippen molar-refractivity contribution in [3.63, 3.8) is 0 Å². The SMILES string of the molecule is CCc1cc2ccc(F)c(F)c2nc1Cl. The first-order chi connectivity index (χ1) is 7.13. The summed E-state index contributed by atoms with van der Waals surface area (Å²) in [6, 6.07) is 4.32. The van der Waals surface area contributed by atoms with Crippen LogP contribution < -0.4 is 0 Å². The van der Waals surface area contributed by atoms with Crippen molar-refractivity contribution in [3.05, 3.63) is 40.6 Å². The molecule has 15 heavy (non-hydrogen) atoms. The number of halogens is 3. The monoisotopic (exact) mass is 227 g/mol. The second-order valence-corrected chi connectivity index (χ2v) is 3.58. The Morgan fingerprint density at radius 1 is 1.33 bits per heavy atom. The highest BCUT2D eigenvalue weighted by atomic mass is 35.5. The van der Waals surface area contributed by atoms with Gasteiger partial charge in [-0.3, -0.25) is 0 Å². The van der Waals surface area contributed by atoms with E-state index in [0.29, 0.717) is 11.8 Å². The van der Waals surface area contributed by atoms with Crippen LogP contribution in [0.4, 0.5) is 8.78 Å². The van der Waals surface area contributed by atoms with Crippen LogP contribution in [-0.2, 0) is 6.42 Å². The van der Waals surface area contributed by atoms with Crippen molar-refractivity contribution in [1.82, 2.24) is 4.98 Å². The average molecular weight is 228 g/mol. The summed E-state index contributed by atoms with van der Waals surface area (Å²) in [6.07, 6.45) is 0.709. The van der Waals surface area contributed by atoms with Gasteiger partial charge in [0.25, 0.3) is 0 Å². The van der Waals surface area contributed by atoms with Crippen LogP contribution in [0.1, 0.15) is 12.5 Å². The molecule has 1 aromatic heterocycles. The van der Waals surface area contributed by atoms with Crippen LogP contribution in [0.3, 0.4) is 0 Å². The number of aromatic nitrogens is 1. The summed E-state index contributed by atoms with van der Waals surface area (Å²) in [7, 11) is 0. The molecule has 4 heteroatoms. The van der Waals surface area contributed by atoms with Crippen molar-refractivity contribution in [3.8, 4) is 0 Å². The fourth-order valence-electron chi connectivity index (χ4n) is 1.45. The lowest BCUT2D eigenvalue weighted by Crippen LogP contribution is -1.93. The van der Waals surface area contributed by atoms with Gasteiger partial charge >= 0.3 is 0 Å². The second kappa shape index (κ2) is 3.74. The first-order valence-electron chi connectivity index (χ1n) is 4.56. The molecule has 2 aromatic rings. The van der Waals surface area contributed by atoms with Crippen LogP contribution >= 0.6 is 11.6 Å². The third-order valence-corrected chi connectivity index (χ3v) is 2.61. The normalized spacial score (nSPS) is 10.9. The van der Waals surface area contributed by atoms with Gasteiger partial charge in [0.05, 0.1) is 0 Å². The molecule has 0 spiro atoms. The maximum atomic E-state index is 13.3. The van der Waals surface area contributed by atoms with Crippen LogP contribution in [0.25, 0.3) is 10.9 Å². The van der Waals surface area contributed by atoms with E-state index in [9.17, 15) is 8.78 Å². The van der Waals surface area contributed by atoms with Gasteiger partial charge in [-0.1, -0.05) is 18.5 Å². The maximum Gasteiger partial charge on any atom is 0.185 e. The van der Waals surface area contributed by atoms with Crippen molar-refractivity contribution >= 4 is 22.5 Å². The van der Waals surface area contributed by atoms with Gasteiger partial charge < -0.3 is 0 Å². The highest BCUT2D eigenvalue weighted by molar-refractivity contribution is 6.30. The average Bonchev–Trinajstić information content (AvgIpc) is 2.24. The topological polar surface area (TPSA) is 12.9 Å². The molecule has 1 nitrogen and oxygen atoms in total. The fourth-order valence-corrected chi connectivity index (χ4v) is 1.72. The first-order valence-corrected chi connectivity index (χ1v) is 4.94. The molecular weight excluding hydrogens is 220 g/mol. The van der Waals surface area contributed by atoms with Gasteiger partial charge in [0.1, 0.15) is 10.7 Å². The summed E-state index contributed by atoms with van der Waals surface area (Å²) in [5.41, 5.74) is 0.812. The number of rotatable bonds is 1. The van der Waals surface area contributed by atoms with Crippen LogP contribution in [0, 0.1) is 11.6 Å². The minimum Gasteiger partial charge on any atom is -0.233 e. The predicted molar refractivity (Wildman–Crippen MR) is 56.0 cm³/mol. The summed E-state index contributed by atoms with van der Waals surface area (Å²) in [5, 5.41) is 0.796. The lowest BCUT2D eigenvalue weighted by molar-refractivity contribution is 0.515. The van der Waals surface area contributed by atoms with Crippen molar-refractivity contribution in [2.24, 2.45) is 0 Å². The van der Waals surface area contributed by atoms with Gasteiger partial charge in [-0.05, 0) is 30.2 Å². The minimum atomic E-state index is -0.947. The molecule has 78 valence electrons. The molecule has 0 aliphatic heterocycles. The van der Waals surface area contributed by atoms with Crippen molar-refractivity contribution in [2.45, 2.75) is 13.3 Å². The summed E-state index contributed by atoms with van der Waals surface area (Å²) in [6.45, 7) is 1.93. The highest BCUT2D eigenvalue weighted by Crippen LogP contribution is 2.24. The molecule has 0 bridgehead atoms. The Morgan fingerprint density at radius 2 is 2.07 bits per heavy atom. The Balaban J connectivity index is 2.81. The van der Waals surface area contributed by atoms with E-state index in [1.807, 2.05) is 6.92 Å². The lowest BCUT2D eigenvalue weighted by atomic mass is 10.1. The molecule has 0 unspecified atom stereocenters. The highest BCUT2D eigenvalue weighted by Gasteiger charge is 2.10. The molecule has 0 aliphatic rings. The Labute approximate surface area is 90.7 Å². The molecule has 0 atom stereocenters. The number of hydrogen-bond donors (Lipinski definition) is 0. The summed E-state index contributed by atoms with van der Waals surface area (Å²) >= 11 is 5.83. The third-order valence-electron chi connectivity index (χ3n) is 2.29. The summed E-state index contributed by atoms with van der Waals surface area (Å²) in [4.78, 5) is 3.86. The van der Waals surface area contributed by atoms with E-state index in [-0.39, 0.29) is 10.7 Å². The van der Waals surface area contributed by atoms with Gasteiger partial charge in [-0.15, -0.1) is 0 Å². The quantitative estimate of drug-likeness (QED) is 0.677. The van der Waals surface area contributed by atoms with Crippen molar-refractivity contribution in [2.75, 3.05) is 0 Å². The molecule has 0 saturated carbocycles. The van der Waals surface area contributed by atoms with Crippen LogP contribution in [-0.4, -0.2) is 4.98 Å². The number of aryl methyl sites for hydroxylation is 1. The molecule has 1 heterocycles. The molecule has 0 saturated heterocycles. The lowest BCUT2D eigenvalue weighted by Gasteiger charge is -2.04. The zero-order valence-corrected chi connectivity index (χ0v) is 8.78. The Kier molecular flexibility index (Phi) is 2.57. The summed E-state index contributed by atoms with van der Waals surface area (Å²) in [5.74, 6) is -1.85. The van der Waals surface area contributed by atoms with Gasteiger partial charge in [0, 0.05) is 5.39 Å². The Hall–Kier alpha value is -1.22. The maximum absolute atomic E-state index is 13.3. The number of pyridine rings is 1. The van der Waals surface area contributed by atoms with E-state index < -0.39 is 11.6 Å². The Morgan fingerprint density at radius 3 is 2.73 bits per heavy atom. The molecular formula is C11H8ClF2N. The fraction of sp³-hybridized carbons (Fsp3) is 0.182. The Bertz CT molecular complexity index is 525. The molecule has 0 aliphatic carbocycles. The molecule has 0 fully saturated rings. The zero-order valence-electron chi connectivity index (χ0n) is 8.02. The van der Waals surface area contributed by atoms with Crippen molar-refractivity contribution in [1.29, 1.82) is 0 Å². The van der Waals surface area contributed by atoms with Gasteiger partial charge in [0.15, 0.2) is 11.6 Å². The molecule has 2 rings (SSSR count). The van der Waals surface area contributed by atoms with E-state index >= 15 is 0 Å². The number of fused-ring (bicyclic) bond motifs is 1. The van der Waals surface area contributed by atoms with E-state index in [4.69, 9.17) is 11.6 Å². The molecule has 0 N–H and O–H groups in total. The summed E-state index contributed by atoms with van der Waals surface area (Å²) < 4.78 is 26.2. The minimum absolute atomic E-state index is 0.0165. The van der Waals surface area contributed by atoms with Gasteiger partial charge in [0.2, 0.25) is 0 Å². The van der Waals surface area contributed by atoms with Gasteiger partial charge in [-0.25, -0.2) is 13.8 Å². The largest absolute Gasteiger partial charge is 0.233 e. The van der Waals surface area contributed by atoms with E-state index in [2.05, 4.69) is 4.98 Å². The van der Waals surface area contributed by atoms with E-state index in [1.165, 1.54) is 6.07 Å². The predicted octanol–water partition coefficient (Wildman–Crippen LogP) is 3.73. The molecule has 0 amide bonds. The zero-order chi connectivity index (χ0) is 11.0. The first kappa shape index (κ1) is 10.3. The molecule has 1 aromatic carbocycles. The number of benzene rings is 1. The third kappa shape index (κ3) is 1.67. The van der Waals surface area contributed by atoms with Crippen molar-refractivity contribution < 1.29 is 8.78 Å². The van der Waals surface area contributed by atoms with Crippen LogP contribution in [0.2, 0.25) is 5.15 Å². The standard InChI is InChI=1S/C11H8ClF2N/c1-2-6-5-7-3-4-8(13)9(14)10(7)15-11(6)12/h3-5H,2H2,1H3. The van der Waals surface area contributed by atoms with Gasteiger partial charge in [-0.2, -0.15) is 0 Å².